The van der Waals surface area contributed by atoms with Crippen LogP contribution in [0.2, 0.25) is 0 Å². The average molecular weight is 376 g/mol. The number of nitrogens with one attached hydrogen (secondary N) is 2. The summed E-state index contributed by atoms with van der Waals surface area (Å²) in [4.78, 5) is 28.6. The van der Waals surface area contributed by atoms with Gasteiger partial charge in [-0.2, -0.15) is 0 Å². The molecular weight excluding hydrogens is 347 g/mol. The van der Waals surface area contributed by atoms with E-state index in [4.69, 9.17) is 0 Å². The molecule has 27 heavy (non-hydrogen) atoms. The summed E-state index contributed by atoms with van der Waals surface area (Å²) in [5, 5.41) is 5.70. The molecule has 0 unspecified atom stereocenters. The molecule has 0 spiro atoms. The zero-order valence-electron chi connectivity index (χ0n) is 15.8. The van der Waals surface area contributed by atoms with Gasteiger partial charge in [-0.15, -0.1) is 0 Å². The molecule has 2 heterocycles. The zero-order valence-corrected chi connectivity index (χ0v) is 15.8. The van der Waals surface area contributed by atoms with Gasteiger partial charge in [-0.1, -0.05) is 0 Å². The van der Waals surface area contributed by atoms with Gasteiger partial charge >= 0.3 is 6.03 Å². The standard InChI is InChI=1S/C20H29FN4O2/c21-16-4-6-17(7-5-16)22-20(27)23-18-8-13-24(14-9-18)15-10-19(26)25-11-2-1-3-12-25/h4-7,18H,1-3,8-15H2,(H2,22,23,27). The molecule has 0 bridgehead atoms. The number of likely N-dealkylation sites (tertiary alicyclic amines) is 2. The van der Waals surface area contributed by atoms with Crippen LogP contribution in [0, 0.1) is 5.82 Å². The molecule has 3 amide bonds. The predicted molar refractivity (Wildman–Crippen MR) is 103 cm³/mol. The highest BCUT2D eigenvalue weighted by Crippen LogP contribution is 2.14. The molecule has 0 aliphatic carbocycles. The van der Waals surface area contributed by atoms with Crippen LogP contribution in [0.25, 0.3) is 0 Å². The number of piperidine rings is 2. The van der Waals surface area contributed by atoms with Crippen LogP contribution in [0.4, 0.5) is 14.9 Å². The third-order valence-electron chi connectivity index (χ3n) is 5.38. The normalized spacial score (nSPS) is 18.9. The Morgan fingerprint density at radius 3 is 2.33 bits per heavy atom. The van der Waals surface area contributed by atoms with E-state index in [1.807, 2.05) is 4.90 Å². The minimum absolute atomic E-state index is 0.125. The number of hydrogen-bond acceptors (Lipinski definition) is 3. The summed E-state index contributed by atoms with van der Waals surface area (Å²) in [6.07, 6.45) is 5.82. The first-order valence-electron chi connectivity index (χ1n) is 9.93. The number of benzene rings is 1. The quantitative estimate of drug-likeness (QED) is 0.831. The van der Waals surface area contributed by atoms with Crippen LogP contribution in [0.1, 0.15) is 38.5 Å². The van der Waals surface area contributed by atoms with Crippen molar-refractivity contribution in [1.29, 1.82) is 0 Å². The van der Waals surface area contributed by atoms with E-state index < -0.39 is 0 Å². The second-order valence-electron chi connectivity index (χ2n) is 7.41. The van der Waals surface area contributed by atoms with Gasteiger partial charge in [0, 0.05) is 50.9 Å². The molecule has 2 aliphatic rings. The molecule has 2 saturated heterocycles. The van der Waals surface area contributed by atoms with E-state index in [9.17, 15) is 14.0 Å². The average Bonchev–Trinajstić information content (AvgIpc) is 2.69. The molecule has 0 aromatic heterocycles. The maximum absolute atomic E-state index is 12.9. The third-order valence-corrected chi connectivity index (χ3v) is 5.38. The fourth-order valence-corrected chi connectivity index (χ4v) is 3.74. The molecule has 2 aliphatic heterocycles. The first-order valence-corrected chi connectivity index (χ1v) is 9.93. The van der Waals surface area contributed by atoms with Gasteiger partial charge in [-0.3, -0.25) is 4.79 Å². The summed E-state index contributed by atoms with van der Waals surface area (Å²) < 4.78 is 12.9. The summed E-state index contributed by atoms with van der Waals surface area (Å²) in [5.41, 5.74) is 0.572. The molecule has 0 saturated carbocycles. The number of nitrogens with zero attached hydrogens (tertiary/aromatic N) is 2. The lowest BCUT2D eigenvalue weighted by molar-refractivity contribution is -0.132. The van der Waals surface area contributed by atoms with Crippen LogP contribution in [0.5, 0.6) is 0 Å². The Morgan fingerprint density at radius 2 is 1.67 bits per heavy atom. The van der Waals surface area contributed by atoms with Crippen molar-refractivity contribution >= 4 is 17.6 Å². The number of rotatable bonds is 5. The zero-order chi connectivity index (χ0) is 19.1. The Kier molecular flexibility index (Phi) is 7.04. The van der Waals surface area contributed by atoms with Crippen LogP contribution >= 0.6 is 0 Å². The summed E-state index contributed by atoms with van der Waals surface area (Å²) in [5.74, 6) is -0.0549. The van der Waals surface area contributed by atoms with E-state index in [0.717, 1.165) is 58.4 Å². The van der Waals surface area contributed by atoms with Gasteiger partial charge in [-0.25, -0.2) is 9.18 Å². The van der Waals surface area contributed by atoms with Gasteiger partial charge in [0.25, 0.3) is 0 Å². The molecule has 2 N–H and O–H groups in total. The molecular formula is C20H29FN4O2. The highest BCUT2D eigenvalue weighted by molar-refractivity contribution is 5.89. The number of urea groups is 1. The van der Waals surface area contributed by atoms with Crippen LogP contribution < -0.4 is 10.6 Å². The summed E-state index contributed by atoms with van der Waals surface area (Å²) in [6, 6.07) is 5.58. The lowest BCUT2D eigenvalue weighted by Gasteiger charge is -2.33. The molecule has 3 rings (SSSR count). The van der Waals surface area contributed by atoms with Crippen LogP contribution in [0.3, 0.4) is 0 Å². The fourth-order valence-electron chi connectivity index (χ4n) is 3.74. The molecule has 0 atom stereocenters. The summed E-state index contributed by atoms with van der Waals surface area (Å²) in [7, 11) is 0. The van der Waals surface area contributed by atoms with Crippen molar-refractivity contribution in [2.45, 2.75) is 44.6 Å². The maximum atomic E-state index is 12.9. The predicted octanol–water partition coefficient (Wildman–Crippen LogP) is 2.81. The Morgan fingerprint density at radius 1 is 1.00 bits per heavy atom. The Labute approximate surface area is 160 Å². The monoisotopic (exact) mass is 376 g/mol. The molecule has 2 fully saturated rings. The Hall–Kier alpha value is -2.15. The van der Waals surface area contributed by atoms with E-state index in [-0.39, 0.29) is 23.8 Å². The lowest BCUT2D eigenvalue weighted by Crippen LogP contribution is -2.46. The molecule has 1 aromatic rings. The van der Waals surface area contributed by atoms with Crippen molar-refractivity contribution < 1.29 is 14.0 Å². The number of halogens is 1. The van der Waals surface area contributed by atoms with Gasteiger partial charge < -0.3 is 20.4 Å². The first kappa shape index (κ1) is 19.6. The van der Waals surface area contributed by atoms with E-state index in [0.29, 0.717) is 12.1 Å². The minimum Gasteiger partial charge on any atom is -0.343 e. The molecule has 1 aromatic carbocycles. The second kappa shape index (κ2) is 9.69. The third kappa shape index (κ3) is 6.20. The topological polar surface area (TPSA) is 64.7 Å². The largest absolute Gasteiger partial charge is 0.343 e. The highest BCUT2D eigenvalue weighted by atomic mass is 19.1. The molecule has 148 valence electrons. The first-order chi connectivity index (χ1) is 13.1. The molecule has 6 nitrogen and oxygen atoms in total. The smallest absolute Gasteiger partial charge is 0.319 e. The van der Waals surface area contributed by atoms with Crippen LogP contribution in [0.15, 0.2) is 24.3 Å². The van der Waals surface area contributed by atoms with Crippen LogP contribution in [-0.2, 0) is 4.79 Å². The second-order valence-corrected chi connectivity index (χ2v) is 7.41. The van der Waals surface area contributed by atoms with Crippen LogP contribution in [-0.4, -0.2) is 60.5 Å². The summed E-state index contributed by atoms with van der Waals surface area (Å²) in [6.45, 7) is 4.38. The number of carbonyl (C=O) groups is 2. The minimum atomic E-state index is -0.327. The summed E-state index contributed by atoms with van der Waals surface area (Å²) >= 11 is 0. The van der Waals surface area contributed by atoms with Gasteiger partial charge in [0.2, 0.25) is 5.91 Å². The lowest BCUT2D eigenvalue weighted by atomic mass is 10.0. The van der Waals surface area contributed by atoms with Gasteiger partial charge in [0.15, 0.2) is 0 Å². The Balaban J connectivity index is 1.33. The number of hydrogen-bond donors (Lipinski definition) is 2. The Bertz CT molecular complexity index is 623. The van der Waals surface area contributed by atoms with E-state index >= 15 is 0 Å². The van der Waals surface area contributed by atoms with Crippen molar-refractivity contribution in [1.82, 2.24) is 15.1 Å². The van der Waals surface area contributed by atoms with Crippen molar-refractivity contribution in [3.05, 3.63) is 30.1 Å². The SMILES string of the molecule is O=C(Nc1ccc(F)cc1)NC1CCN(CCC(=O)N2CCCCC2)CC1. The van der Waals surface area contributed by atoms with E-state index in [1.165, 1.54) is 30.7 Å². The van der Waals surface area contributed by atoms with Crippen molar-refractivity contribution in [2.75, 3.05) is 38.0 Å². The number of anilines is 1. The number of carbonyl (C=O) groups excluding carboxylic acids is 2. The van der Waals surface area contributed by atoms with E-state index in [2.05, 4.69) is 15.5 Å². The van der Waals surface area contributed by atoms with Crippen molar-refractivity contribution in [3.8, 4) is 0 Å². The fraction of sp³-hybridized carbons (Fsp3) is 0.600. The number of amides is 3. The highest BCUT2D eigenvalue weighted by Gasteiger charge is 2.22. The molecule has 7 heteroatoms. The van der Waals surface area contributed by atoms with Crippen molar-refractivity contribution in [3.63, 3.8) is 0 Å². The van der Waals surface area contributed by atoms with E-state index in [1.54, 1.807) is 0 Å². The van der Waals surface area contributed by atoms with Gasteiger partial charge in [0.1, 0.15) is 5.82 Å². The van der Waals surface area contributed by atoms with Gasteiger partial charge in [0.05, 0.1) is 0 Å². The maximum Gasteiger partial charge on any atom is 0.319 e. The van der Waals surface area contributed by atoms with Crippen molar-refractivity contribution in [2.24, 2.45) is 0 Å². The molecule has 0 radical (unpaired) electrons. The van der Waals surface area contributed by atoms with Gasteiger partial charge in [-0.05, 0) is 56.4 Å².